The first kappa shape index (κ1) is 14.7. The minimum absolute atomic E-state index is 0.105. The van der Waals surface area contributed by atoms with Gasteiger partial charge in [-0.15, -0.1) is 6.58 Å². The molecule has 1 aliphatic heterocycles. The molecule has 1 saturated heterocycles. The molecule has 2 rings (SSSR count). The van der Waals surface area contributed by atoms with Gasteiger partial charge in [-0.3, -0.25) is 14.7 Å². The van der Waals surface area contributed by atoms with Gasteiger partial charge in [0.05, 0.1) is 11.5 Å². The summed E-state index contributed by atoms with van der Waals surface area (Å²) in [6, 6.07) is 1.20. The molecule has 0 radical (unpaired) electrons. The van der Waals surface area contributed by atoms with E-state index >= 15 is 0 Å². The van der Waals surface area contributed by atoms with Gasteiger partial charge in [-0.05, 0) is 6.42 Å². The molecule has 0 bridgehead atoms. The third kappa shape index (κ3) is 3.67. The standard InChI is InChI=1S/C12H17N3O4S/c1-2-4-15(10-3-5-20(18,19)8-10)7-9-6-11(16)14-12(17)13-9/h2,6,10H,1,3-5,7-8H2,(H2,13,14,16,17). The number of hydrogen-bond donors (Lipinski definition) is 2. The van der Waals surface area contributed by atoms with E-state index in [0.717, 1.165) is 0 Å². The van der Waals surface area contributed by atoms with Crippen LogP contribution in [-0.4, -0.2) is 47.4 Å². The van der Waals surface area contributed by atoms with Gasteiger partial charge in [-0.1, -0.05) is 6.08 Å². The molecular formula is C12H17N3O4S. The van der Waals surface area contributed by atoms with Crippen molar-refractivity contribution < 1.29 is 8.42 Å². The van der Waals surface area contributed by atoms with Crippen molar-refractivity contribution in [2.45, 2.75) is 19.0 Å². The first-order chi connectivity index (χ1) is 9.39. The van der Waals surface area contributed by atoms with E-state index in [4.69, 9.17) is 0 Å². The maximum atomic E-state index is 11.5. The van der Waals surface area contributed by atoms with Crippen molar-refractivity contribution in [2.75, 3.05) is 18.1 Å². The van der Waals surface area contributed by atoms with Crippen LogP contribution < -0.4 is 11.2 Å². The molecule has 20 heavy (non-hydrogen) atoms. The molecular weight excluding hydrogens is 282 g/mol. The molecule has 7 nitrogen and oxygen atoms in total. The van der Waals surface area contributed by atoms with Gasteiger partial charge in [0, 0.05) is 30.9 Å². The van der Waals surface area contributed by atoms with Crippen LogP contribution in [0.2, 0.25) is 0 Å². The van der Waals surface area contributed by atoms with Gasteiger partial charge >= 0.3 is 5.69 Å². The maximum absolute atomic E-state index is 11.5. The summed E-state index contributed by atoms with van der Waals surface area (Å²) in [7, 11) is -2.98. The fraction of sp³-hybridized carbons (Fsp3) is 0.500. The highest BCUT2D eigenvalue weighted by Gasteiger charge is 2.31. The van der Waals surface area contributed by atoms with Gasteiger partial charge in [0.15, 0.2) is 9.84 Å². The van der Waals surface area contributed by atoms with Crippen molar-refractivity contribution in [3.8, 4) is 0 Å². The van der Waals surface area contributed by atoms with Gasteiger partial charge in [-0.2, -0.15) is 0 Å². The second-order valence-electron chi connectivity index (χ2n) is 4.89. The molecule has 1 aliphatic rings. The SMILES string of the molecule is C=CCN(Cc1cc(=O)[nH]c(=O)[nH]1)C1CCS(=O)(=O)C1. The van der Waals surface area contributed by atoms with Gasteiger partial charge in [-0.25, -0.2) is 13.2 Å². The molecule has 1 fully saturated rings. The first-order valence-electron chi connectivity index (χ1n) is 6.27. The summed E-state index contributed by atoms with van der Waals surface area (Å²) in [5, 5.41) is 0. The van der Waals surface area contributed by atoms with Crippen LogP contribution in [0.4, 0.5) is 0 Å². The van der Waals surface area contributed by atoms with E-state index in [2.05, 4.69) is 16.5 Å². The van der Waals surface area contributed by atoms with Crippen molar-refractivity contribution >= 4 is 9.84 Å². The molecule has 0 spiro atoms. The lowest BCUT2D eigenvalue weighted by Crippen LogP contribution is -2.37. The number of nitrogens with one attached hydrogen (secondary N) is 2. The number of H-pyrrole nitrogens is 2. The maximum Gasteiger partial charge on any atom is 0.325 e. The van der Waals surface area contributed by atoms with E-state index in [1.807, 2.05) is 4.90 Å². The summed E-state index contributed by atoms with van der Waals surface area (Å²) < 4.78 is 23.1. The Morgan fingerprint density at radius 1 is 1.40 bits per heavy atom. The van der Waals surface area contributed by atoms with Gasteiger partial charge < -0.3 is 4.98 Å². The van der Waals surface area contributed by atoms with E-state index in [1.54, 1.807) is 6.08 Å². The molecule has 2 N–H and O–H groups in total. The summed E-state index contributed by atoms with van der Waals surface area (Å²) in [5.74, 6) is 0.283. The zero-order valence-electron chi connectivity index (χ0n) is 11.0. The molecule has 0 saturated carbocycles. The number of aromatic nitrogens is 2. The lowest BCUT2D eigenvalue weighted by Gasteiger charge is -2.26. The second-order valence-corrected chi connectivity index (χ2v) is 7.12. The molecule has 1 unspecified atom stereocenters. The monoisotopic (exact) mass is 299 g/mol. The number of aromatic amines is 2. The van der Waals surface area contributed by atoms with Gasteiger partial charge in [0.1, 0.15) is 0 Å². The molecule has 8 heteroatoms. The fourth-order valence-electron chi connectivity index (χ4n) is 2.40. The van der Waals surface area contributed by atoms with Crippen molar-refractivity contribution in [1.82, 2.24) is 14.9 Å². The summed E-state index contributed by atoms with van der Waals surface area (Å²) in [6.07, 6.45) is 2.24. The molecule has 0 aromatic carbocycles. The van der Waals surface area contributed by atoms with Crippen molar-refractivity contribution in [1.29, 1.82) is 0 Å². The average molecular weight is 299 g/mol. The number of sulfone groups is 1. The van der Waals surface area contributed by atoms with Gasteiger partial charge in [0.25, 0.3) is 5.56 Å². The normalized spacial score (nSPS) is 21.1. The lowest BCUT2D eigenvalue weighted by atomic mass is 10.2. The predicted octanol–water partition coefficient (Wildman–Crippen LogP) is -0.762. The largest absolute Gasteiger partial charge is 0.325 e. The van der Waals surface area contributed by atoms with Crippen LogP contribution >= 0.6 is 0 Å². The fourth-order valence-corrected chi connectivity index (χ4v) is 4.16. The Morgan fingerprint density at radius 3 is 2.70 bits per heavy atom. The highest BCUT2D eigenvalue weighted by atomic mass is 32.2. The van der Waals surface area contributed by atoms with Gasteiger partial charge in [0.2, 0.25) is 0 Å². The average Bonchev–Trinajstić information content (AvgIpc) is 2.68. The van der Waals surface area contributed by atoms with E-state index < -0.39 is 21.1 Å². The van der Waals surface area contributed by atoms with Crippen LogP contribution in [0.15, 0.2) is 28.3 Å². The highest BCUT2D eigenvalue weighted by Crippen LogP contribution is 2.19. The highest BCUT2D eigenvalue weighted by molar-refractivity contribution is 7.91. The number of nitrogens with zero attached hydrogens (tertiary/aromatic N) is 1. The van der Waals surface area contributed by atoms with Crippen molar-refractivity contribution in [3.05, 3.63) is 45.3 Å². The molecule has 0 aliphatic carbocycles. The Hall–Kier alpha value is -1.67. The third-order valence-electron chi connectivity index (χ3n) is 3.28. The van der Waals surface area contributed by atoms with E-state index in [-0.39, 0.29) is 17.5 Å². The Bertz CT molecular complexity index is 676. The van der Waals surface area contributed by atoms with Crippen LogP contribution in [0.3, 0.4) is 0 Å². The quantitative estimate of drug-likeness (QED) is 0.696. The Morgan fingerprint density at radius 2 is 2.15 bits per heavy atom. The Kier molecular flexibility index (Phi) is 4.24. The molecule has 2 heterocycles. The summed E-state index contributed by atoms with van der Waals surface area (Å²) in [5.41, 5.74) is -0.573. The van der Waals surface area contributed by atoms with E-state index in [0.29, 0.717) is 25.2 Å². The molecule has 0 amide bonds. The zero-order chi connectivity index (χ0) is 14.8. The molecule has 1 aromatic heterocycles. The van der Waals surface area contributed by atoms with Crippen LogP contribution in [0.25, 0.3) is 0 Å². The topological polar surface area (TPSA) is 103 Å². The van der Waals surface area contributed by atoms with E-state index in [9.17, 15) is 18.0 Å². The Balaban J connectivity index is 2.19. The summed E-state index contributed by atoms with van der Waals surface area (Å²) in [6.45, 7) is 4.46. The first-order valence-corrected chi connectivity index (χ1v) is 8.09. The molecule has 110 valence electrons. The van der Waals surface area contributed by atoms with Crippen molar-refractivity contribution in [3.63, 3.8) is 0 Å². The third-order valence-corrected chi connectivity index (χ3v) is 5.03. The predicted molar refractivity (Wildman–Crippen MR) is 75.3 cm³/mol. The van der Waals surface area contributed by atoms with E-state index in [1.165, 1.54) is 6.07 Å². The minimum Gasteiger partial charge on any atom is -0.310 e. The zero-order valence-corrected chi connectivity index (χ0v) is 11.8. The molecule has 1 atom stereocenters. The van der Waals surface area contributed by atoms with Crippen LogP contribution in [0.1, 0.15) is 12.1 Å². The summed E-state index contributed by atoms with van der Waals surface area (Å²) >= 11 is 0. The minimum atomic E-state index is -2.98. The number of hydrogen-bond acceptors (Lipinski definition) is 5. The van der Waals surface area contributed by atoms with Crippen molar-refractivity contribution in [2.24, 2.45) is 0 Å². The smallest absolute Gasteiger partial charge is 0.310 e. The lowest BCUT2D eigenvalue weighted by molar-refractivity contribution is 0.224. The van der Waals surface area contributed by atoms with Crippen LogP contribution in [-0.2, 0) is 16.4 Å². The Labute approximate surface area is 116 Å². The van der Waals surface area contributed by atoms with Crippen LogP contribution in [0, 0.1) is 0 Å². The molecule has 1 aromatic rings. The van der Waals surface area contributed by atoms with Crippen LogP contribution in [0.5, 0.6) is 0 Å². The second kappa shape index (κ2) is 5.76. The summed E-state index contributed by atoms with van der Waals surface area (Å²) in [4.78, 5) is 29.0. The number of rotatable bonds is 5.